The van der Waals surface area contributed by atoms with Gasteiger partial charge in [0.2, 0.25) is 5.43 Å². The molecule has 0 unspecified atom stereocenters. The van der Waals surface area contributed by atoms with Gasteiger partial charge in [-0.05, 0) is 61.7 Å². The number of aromatic nitrogens is 1. The minimum Gasteiger partial charge on any atom is -0.345 e. The van der Waals surface area contributed by atoms with Gasteiger partial charge in [0.25, 0.3) is 15.9 Å². The van der Waals surface area contributed by atoms with Crippen LogP contribution < -0.4 is 15.5 Å². The van der Waals surface area contributed by atoms with E-state index < -0.39 is 27.4 Å². The predicted octanol–water partition coefficient (Wildman–Crippen LogP) is 4.45. The van der Waals surface area contributed by atoms with E-state index in [0.29, 0.717) is 10.9 Å². The van der Waals surface area contributed by atoms with Crippen molar-refractivity contribution in [2.45, 2.75) is 31.7 Å². The van der Waals surface area contributed by atoms with E-state index in [4.69, 9.17) is 0 Å². The Labute approximate surface area is 204 Å². The highest BCUT2D eigenvalue weighted by atomic mass is 32.2. The molecule has 0 bridgehead atoms. The molecule has 35 heavy (non-hydrogen) atoms. The lowest BCUT2D eigenvalue weighted by molar-refractivity contribution is 0.0939. The second-order valence-corrected chi connectivity index (χ2v) is 10.3. The van der Waals surface area contributed by atoms with Crippen molar-refractivity contribution in [1.29, 1.82) is 0 Å². The molecule has 4 aromatic rings. The molecule has 1 aromatic heterocycles. The number of amides is 1. The Morgan fingerprint density at radius 2 is 1.57 bits per heavy atom. The van der Waals surface area contributed by atoms with Crippen molar-refractivity contribution in [3.8, 4) is 0 Å². The Balaban J connectivity index is 1.85. The largest absolute Gasteiger partial charge is 0.345 e. The molecule has 1 heterocycles. The lowest BCUT2D eigenvalue weighted by atomic mass is 10.1. The number of hydrogen-bond acceptors (Lipinski definition) is 4. The van der Waals surface area contributed by atoms with Gasteiger partial charge in [0.1, 0.15) is 11.4 Å². The zero-order valence-electron chi connectivity index (χ0n) is 20.0. The maximum Gasteiger partial charge on any atom is 0.263 e. The quantitative estimate of drug-likeness (QED) is 0.418. The predicted molar refractivity (Wildman–Crippen MR) is 138 cm³/mol. The van der Waals surface area contributed by atoms with Crippen molar-refractivity contribution in [3.05, 3.63) is 105 Å². The number of sulfonamides is 1. The molecular weight excluding hydrogens is 462 g/mol. The van der Waals surface area contributed by atoms with Gasteiger partial charge >= 0.3 is 0 Å². The van der Waals surface area contributed by atoms with Crippen LogP contribution in [0.1, 0.15) is 40.0 Å². The van der Waals surface area contributed by atoms with Crippen molar-refractivity contribution >= 4 is 32.7 Å². The summed E-state index contributed by atoms with van der Waals surface area (Å²) >= 11 is 0. The van der Waals surface area contributed by atoms with Crippen LogP contribution in [0.15, 0.2) is 82.5 Å². The highest BCUT2D eigenvalue weighted by Crippen LogP contribution is 2.24. The van der Waals surface area contributed by atoms with Crippen molar-refractivity contribution in [1.82, 2.24) is 9.88 Å². The molecule has 1 atom stereocenters. The Hall–Kier alpha value is -3.91. The van der Waals surface area contributed by atoms with E-state index in [-0.39, 0.29) is 16.3 Å². The van der Waals surface area contributed by atoms with E-state index in [9.17, 15) is 18.0 Å². The molecule has 0 saturated carbocycles. The number of nitrogens with zero attached hydrogens (tertiary/aromatic N) is 1. The van der Waals surface area contributed by atoms with Gasteiger partial charge < -0.3 is 9.88 Å². The Bertz CT molecular complexity index is 1590. The summed E-state index contributed by atoms with van der Waals surface area (Å²) in [4.78, 5) is 26.9. The fraction of sp³-hybridized carbons (Fsp3) is 0.185. The van der Waals surface area contributed by atoms with Gasteiger partial charge in [0.05, 0.1) is 16.5 Å². The van der Waals surface area contributed by atoms with Crippen LogP contribution in [-0.4, -0.2) is 18.9 Å². The highest BCUT2D eigenvalue weighted by molar-refractivity contribution is 7.92. The molecule has 0 aliphatic heterocycles. The van der Waals surface area contributed by atoms with E-state index in [0.717, 1.165) is 16.7 Å². The van der Waals surface area contributed by atoms with E-state index in [1.165, 1.54) is 10.6 Å². The summed E-state index contributed by atoms with van der Waals surface area (Å²) in [6.45, 7) is 5.52. The number of rotatable bonds is 6. The van der Waals surface area contributed by atoms with Crippen LogP contribution in [0.2, 0.25) is 0 Å². The number of aryl methyl sites for hydroxylation is 3. The molecule has 2 N–H and O–H groups in total. The number of fused-ring (bicyclic) bond motifs is 1. The molecule has 1 amide bonds. The summed E-state index contributed by atoms with van der Waals surface area (Å²) in [6.07, 6.45) is 0. The van der Waals surface area contributed by atoms with Crippen LogP contribution in [-0.2, 0) is 17.1 Å². The average molecular weight is 490 g/mol. The number of hydrogen-bond donors (Lipinski definition) is 2. The first-order valence-corrected chi connectivity index (χ1v) is 12.7. The monoisotopic (exact) mass is 489 g/mol. The van der Waals surface area contributed by atoms with Gasteiger partial charge in [-0.1, -0.05) is 48.5 Å². The van der Waals surface area contributed by atoms with Crippen LogP contribution in [0.3, 0.4) is 0 Å². The maximum atomic E-state index is 13.5. The van der Waals surface area contributed by atoms with Crippen LogP contribution >= 0.6 is 0 Å². The molecule has 4 rings (SSSR count). The molecule has 0 aliphatic carbocycles. The van der Waals surface area contributed by atoms with Gasteiger partial charge in [-0.25, -0.2) is 8.42 Å². The summed E-state index contributed by atoms with van der Waals surface area (Å²) in [5, 5.41) is 3.16. The molecule has 0 spiro atoms. The van der Waals surface area contributed by atoms with Crippen molar-refractivity contribution in [2.75, 3.05) is 4.72 Å². The van der Waals surface area contributed by atoms with Crippen molar-refractivity contribution < 1.29 is 13.2 Å². The topological polar surface area (TPSA) is 97.3 Å². The zero-order valence-corrected chi connectivity index (χ0v) is 20.8. The summed E-state index contributed by atoms with van der Waals surface area (Å²) < 4.78 is 30.7. The smallest absolute Gasteiger partial charge is 0.263 e. The van der Waals surface area contributed by atoms with E-state index in [1.807, 2.05) is 44.2 Å². The summed E-state index contributed by atoms with van der Waals surface area (Å²) in [6, 6.07) is 20.5. The zero-order chi connectivity index (χ0) is 25.3. The fourth-order valence-corrected chi connectivity index (χ4v) is 5.17. The van der Waals surface area contributed by atoms with Crippen LogP contribution in [0, 0.1) is 13.8 Å². The number of nitrogens with one attached hydrogen (secondary N) is 2. The fourth-order valence-electron chi connectivity index (χ4n) is 3.98. The standard InChI is InChI=1S/C27H27N3O4S/c1-17-14-15-21(16-18(17)2)35(33,34)29-26-24(25(31)22-12-8-9-13-23(22)30(26)4)27(32)28-19(3)20-10-6-5-7-11-20/h5-16,19,29H,1-4H3,(H,28,32)/t19-/m1/s1. The lowest BCUT2D eigenvalue weighted by Crippen LogP contribution is -2.34. The molecule has 3 aromatic carbocycles. The second-order valence-electron chi connectivity index (χ2n) is 8.59. The third kappa shape index (κ3) is 4.70. The number of carbonyl (C=O) groups excluding carboxylic acids is 1. The minimum absolute atomic E-state index is 0.0465. The number of benzene rings is 3. The van der Waals surface area contributed by atoms with Crippen molar-refractivity contribution in [3.63, 3.8) is 0 Å². The molecule has 0 saturated heterocycles. The Morgan fingerprint density at radius 1 is 0.914 bits per heavy atom. The summed E-state index contributed by atoms with van der Waals surface area (Å²) in [7, 11) is -2.46. The van der Waals surface area contributed by atoms with Crippen molar-refractivity contribution in [2.24, 2.45) is 7.05 Å². The molecule has 0 aliphatic rings. The maximum absolute atomic E-state index is 13.5. The third-order valence-corrected chi connectivity index (χ3v) is 7.54. The van der Waals surface area contributed by atoms with Gasteiger partial charge in [-0.3, -0.25) is 14.3 Å². The van der Waals surface area contributed by atoms with E-state index >= 15 is 0 Å². The molecular formula is C27H27N3O4S. The minimum atomic E-state index is -4.09. The normalized spacial score (nSPS) is 12.3. The summed E-state index contributed by atoms with van der Waals surface area (Å²) in [5.74, 6) is -0.754. The third-order valence-electron chi connectivity index (χ3n) is 6.20. The number of pyridine rings is 1. The average Bonchev–Trinajstić information content (AvgIpc) is 2.84. The lowest BCUT2D eigenvalue weighted by Gasteiger charge is -2.20. The van der Waals surface area contributed by atoms with Crippen LogP contribution in [0.25, 0.3) is 10.9 Å². The highest BCUT2D eigenvalue weighted by Gasteiger charge is 2.26. The molecule has 0 radical (unpaired) electrons. The van der Waals surface area contributed by atoms with E-state index in [1.54, 1.807) is 50.4 Å². The Morgan fingerprint density at radius 3 is 2.26 bits per heavy atom. The molecule has 0 fully saturated rings. The Kier molecular flexibility index (Phi) is 6.49. The van der Waals surface area contributed by atoms with Gasteiger partial charge in [0.15, 0.2) is 0 Å². The van der Waals surface area contributed by atoms with Crippen LogP contribution in [0.4, 0.5) is 5.82 Å². The second kappa shape index (κ2) is 9.38. The van der Waals surface area contributed by atoms with Gasteiger partial charge in [0, 0.05) is 12.4 Å². The molecule has 8 heteroatoms. The first-order valence-electron chi connectivity index (χ1n) is 11.2. The van der Waals surface area contributed by atoms with E-state index in [2.05, 4.69) is 10.0 Å². The van der Waals surface area contributed by atoms with Crippen LogP contribution in [0.5, 0.6) is 0 Å². The molecule has 7 nitrogen and oxygen atoms in total. The summed E-state index contributed by atoms with van der Waals surface area (Å²) in [5.41, 5.74) is 2.32. The van der Waals surface area contributed by atoms with Gasteiger partial charge in [-0.15, -0.1) is 0 Å². The SMILES string of the molecule is Cc1ccc(S(=O)(=O)Nc2c(C(=O)N[C@H](C)c3ccccc3)c(=O)c3ccccc3n2C)cc1C. The molecule has 180 valence electrons. The first kappa shape index (κ1) is 24.2. The number of para-hydroxylation sites is 1. The first-order chi connectivity index (χ1) is 16.6. The number of carbonyl (C=O) groups is 1. The van der Waals surface area contributed by atoms with Gasteiger partial charge in [-0.2, -0.15) is 0 Å². The number of anilines is 1.